The van der Waals surface area contributed by atoms with Gasteiger partial charge in [0.05, 0.1) is 32.0 Å². The van der Waals surface area contributed by atoms with Gasteiger partial charge in [-0.05, 0) is 13.8 Å². The van der Waals surface area contributed by atoms with Crippen molar-refractivity contribution in [3.05, 3.63) is 11.4 Å². The molecule has 0 radical (unpaired) electrons. The Kier molecular flexibility index (Phi) is 6.06. The van der Waals surface area contributed by atoms with E-state index in [4.69, 9.17) is 0 Å². The van der Waals surface area contributed by atoms with Crippen LogP contribution in [0.4, 0.5) is 0 Å². The molecule has 10 heteroatoms. The first-order valence-electron chi connectivity index (χ1n) is 6.39. The summed E-state index contributed by atoms with van der Waals surface area (Å²) in [4.78, 5) is 22.7. The highest BCUT2D eigenvalue weighted by Gasteiger charge is 2.31. The normalized spacial score (nSPS) is 11.5. The number of ether oxygens (including phenoxy) is 2. The van der Waals surface area contributed by atoms with E-state index >= 15 is 0 Å². The molecule has 1 heterocycles. The predicted octanol–water partition coefficient (Wildman–Crippen LogP) is -0.247. The second-order valence-electron chi connectivity index (χ2n) is 4.50. The van der Waals surface area contributed by atoms with Crippen LogP contribution in [-0.2, 0) is 29.1 Å². The van der Waals surface area contributed by atoms with Crippen LogP contribution in [0, 0.1) is 13.8 Å². The lowest BCUT2D eigenvalue weighted by Crippen LogP contribution is -2.38. The average Bonchev–Trinajstić information content (AvgIpc) is 2.81. The molecule has 0 aliphatic heterocycles. The molecule has 0 fully saturated rings. The second-order valence-corrected chi connectivity index (χ2v) is 6.38. The van der Waals surface area contributed by atoms with Crippen molar-refractivity contribution in [2.45, 2.75) is 25.2 Å². The van der Waals surface area contributed by atoms with E-state index in [1.807, 2.05) is 0 Å². The molecular formula is C12H19N3O6S. The van der Waals surface area contributed by atoms with Crippen molar-refractivity contribution >= 4 is 22.0 Å². The molecule has 1 N–H and O–H groups in total. The maximum atomic E-state index is 12.7. The number of methoxy groups -OCH3 is 2. The van der Waals surface area contributed by atoms with Crippen molar-refractivity contribution in [3.63, 3.8) is 0 Å². The van der Waals surface area contributed by atoms with Crippen molar-refractivity contribution < 1.29 is 27.5 Å². The zero-order valence-corrected chi connectivity index (χ0v) is 13.7. The zero-order chi connectivity index (χ0) is 16.9. The average molecular weight is 333 g/mol. The van der Waals surface area contributed by atoms with E-state index in [-0.39, 0.29) is 23.6 Å². The first kappa shape index (κ1) is 18.1. The zero-order valence-electron chi connectivity index (χ0n) is 12.9. The number of aromatic nitrogens is 2. The second kappa shape index (κ2) is 7.36. The van der Waals surface area contributed by atoms with Crippen molar-refractivity contribution in [1.82, 2.24) is 14.5 Å². The lowest BCUT2D eigenvalue weighted by atomic mass is 10.4. The molecule has 1 aromatic rings. The van der Waals surface area contributed by atoms with Crippen molar-refractivity contribution in [2.75, 3.05) is 27.3 Å². The van der Waals surface area contributed by atoms with Gasteiger partial charge in [-0.25, -0.2) is 8.42 Å². The molecular weight excluding hydrogens is 314 g/mol. The quantitative estimate of drug-likeness (QED) is 0.684. The van der Waals surface area contributed by atoms with Crippen LogP contribution in [0.1, 0.15) is 17.8 Å². The van der Waals surface area contributed by atoms with Gasteiger partial charge in [0, 0.05) is 6.54 Å². The number of aryl methyl sites for hydroxylation is 2. The van der Waals surface area contributed by atoms with Gasteiger partial charge in [-0.3, -0.25) is 14.7 Å². The van der Waals surface area contributed by atoms with Crippen LogP contribution in [0.2, 0.25) is 0 Å². The van der Waals surface area contributed by atoms with E-state index < -0.39 is 28.5 Å². The third-order valence-corrected chi connectivity index (χ3v) is 5.09. The van der Waals surface area contributed by atoms with Gasteiger partial charge in [-0.1, -0.05) is 0 Å². The van der Waals surface area contributed by atoms with Crippen molar-refractivity contribution in [3.8, 4) is 0 Å². The van der Waals surface area contributed by atoms with Crippen LogP contribution in [0.15, 0.2) is 4.90 Å². The molecule has 0 atom stereocenters. The molecule has 0 spiro atoms. The summed E-state index contributed by atoms with van der Waals surface area (Å²) in [6, 6.07) is 0. The maximum absolute atomic E-state index is 12.7. The number of esters is 2. The van der Waals surface area contributed by atoms with Gasteiger partial charge in [0.2, 0.25) is 10.0 Å². The van der Waals surface area contributed by atoms with E-state index in [1.165, 1.54) is 14.0 Å². The van der Waals surface area contributed by atoms with Gasteiger partial charge < -0.3 is 9.47 Å². The number of nitrogens with one attached hydrogen (secondary N) is 1. The van der Waals surface area contributed by atoms with Crippen LogP contribution in [0.25, 0.3) is 0 Å². The third-order valence-electron chi connectivity index (χ3n) is 2.98. The van der Waals surface area contributed by atoms with Gasteiger partial charge >= 0.3 is 11.9 Å². The monoisotopic (exact) mass is 333 g/mol. The maximum Gasteiger partial charge on any atom is 0.321 e. The highest BCUT2D eigenvalue weighted by Crippen LogP contribution is 2.21. The molecule has 0 aromatic carbocycles. The molecule has 22 heavy (non-hydrogen) atoms. The van der Waals surface area contributed by atoms with Crippen molar-refractivity contribution in [2.24, 2.45) is 0 Å². The Hall–Kier alpha value is -1.94. The standard InChI is InChI=1S/C12H19N3O6S/c1-8-12(9(2)14-13-8)22(18,19)15(7-11(17)21-4)6-5-10(16)20-3/h5-7H2,1-4H3,(H,13,14). The third kappa shape index (κ3) is 4.04. The molecule has 0 unspecified atom stereocenters. The Morgan fingerprint density at radius 1 is 1.18 bits per heavy atom. The number of aromatic amines is 1. The summed E-state index contributed by atoms with van der Waals surface area (Å²) in [7, 11) is -1.64. The summed E-state index contributed by atoms with van der Waals surface area (Å²) in [5, 5.41) is 6.41. The van der Waals surface area contributed by atoms with E-state index in [9.17, 15) is 18.0 Å². The van der Waals surface area contributed by atoms with E-state index in [0.717, 1.165) is 11.4 Å². The molecule has 1 rings (SSSR count). The summed E-state index contributed by atoms with van der Waals surface area (Å²) in [6.45, 7) is 2.39. The number of sulfonamides is 1. The number of carbonyl (C=O) groups excluding carboxylic acids is 2. The van der Waals surface area contributed by atoms with Gasteiger partial charge in [0.1, 0.15) is 11.4 Å². The largest absolute Gasteiger partial charge is 0.469 e. The minimum atomic E-state index is -4.00. The molecule has 0 saturated carbocycles. The lowest BCUT2D eigenvalue weighted by molar-refractivity contribution is -0.143. The molecule has 0 aliphatic rings. The fourth-order valence-electron chi connectivity index (χ4n) is 1.86. The van der Waals surface area contributed by atoms with Crippen LogP contribution in [0.3, 0.4) is 0 Å². The van der Waals surface area contributed by atoms with Gasteiger partial charge in [-0.15, -0.1) is 0 Å². The fourth-order valence-corrected chi connectivity index (χ4v) is 3.58. The Bertz CT molecular complexity index is 632. The number of H-pyrrole nitrogens is 1. The van der Waals surface area contributed by atoms with Gasteiger partial charge in [0.25, 0.3) is 0 Å². The summed E-state index contributed by atoms with van der Waals surface area (Å²) in [5.74, 6) is -1.31. The van der Waals surface area contributed by atoms with Crippen LogP contribution < -0.4 is 0 Å². The molecule has 0 amide bonds. The SMILES string of the molecule is COC(=O)CCN(CC(=O)OC)S(=O)(=O)c1c(C)n[nH]c1C. The highest BCUT2D eigenvalue weighted by molar-refractivity contribution is 7.89. The Morgan fingerprint density at radius 3 is 2.23 bits per heavy atom. The molecule has 0 aliphatic carbocycles. The molecule has 124 valence electrons. The van der Waals surface area contributed by atoms with E-state index in [2.05, 4.69) is 19.7 Å². The van der Waals surface area contributed by atoms with Crippen LogP contribution in [-0.4, -0.2) is 62.2 Å². The van der Waals surface area contributed by atoms with E-state index in [0.29, 0.717) is 5.69 Å². The van der Waals surface area contributed by atoms with E-state index in [1.54, 1.807) is 6.92 Å². The van der Waals surface area contributed by atoms with Gasteiger partial charge in [-0.2, -0.15) is 9.40 Å². The van der Waals surface area contributed by atoms with Crippen LogP contribution >= 0.6 is 0 Å². The molecule has 1 aromatic heterocycles. The smallest absolute Gasteiger partial charge is 0.321 e. The minimum Gasteiger partial charge on any atom is -0.469 e. The predicted molar refractivity (Wildman–Crippen MR) is 75.5 cm³/mol. The molecule has 9 nitrogen and oxygen atoms in total. The summed E-state index contributed by atoms with van der Waals surface area (Å²) in [5.41, 5.74) is 0.635. The Labute approximate surface area is 128 Å². The summed E-state index contributed by atoms with van der Waals surface area (Å²) >= 11 is 0. The number of hydrogen-bond acceptors (Lipinski definition) is 7. The number of nitrogens with zero attached hydrogens (tertiary/aromatic N) is 2. The fraction of sp³-hybridized carbons (Fsp3) is 0.583. The highest BCUT2D eigenvalue weighted by atomic mass is 32.2. The Morgan fingerprint density at radius 2 is 1.77 bits per heavy atom. The minimum absolute atomic E-state index is 0.0127. The number of carbonyl (C=O) groups is 2. The molecule has 0 saturated heterocycles. The first-order chi connectivity index (χ1) is 10.2. The Balaban J connectivity index is 3.13. The number of rotatable bonds is 7. The molecule has 0 bridgehead atoms. The summed E-state index contributed by atoms with van der Waals surface area (Å²) < 4.78 is 35.3. The van der Waals surface area contributed by atoms with Crippen LogP contribution in [0.5, 0.6) is 0 Å². The number of hydrogen-bond donors (Lipinski definition) is 1. The van der Waals surface area contributed by atoms with Crippen molar-refractivity contribution in [1.29, 1.82) is 0 Å². The van der Waals surface area contributed by atoms with Gasteiger partial charge in [0.15, 0.2) is 0 Å². The lowest BCUT2D eigenvalue weighted by Gasteiger charge is -2.20. The topological polar surface area (TPSA) is 119 Å². The summed E-state index contributed by atoms with van der Waals surface area (Å²) in [6.07, 6.45) is -0.178. The first-order valence-corrected chi connectivity index (χ1v) is 7.83.